The molecule has 0 aliphatic carbocycles. The standard InChI is InChI=1S/C50H32N6/c1-3-11-34(12-4-1)44-30-45(54-50(53-44)36-13-5-2-6-14-36)35-21-19-33(20-22-35)37-27-38(55-47-18-10-8-16-41(47)43-31-51-26-24-48(43)55)29-39(28-37)56-46-17-9-7-15-40(46)42-23-25-52-32-49(42)56/h1-32H. The van der Waals surface area contributed by atoms with E-state index in [1.165, 1.54) is 16.2 Å². The van der Waals surface area contributed by atoms with E-state index in [4.69, 9.17) is 9.97 Å². The molecule has 5 aromatic heterocycles. The molecule has 0 aliphatic rings. The van der Waals surface area contributed by atoms with Gasteiger partial charge < -0.3 is 9.13 Å². The van der Waals surface area contributed by atoms with E-state index in [0.717, 1.165) is 78.0 Å². The molecule has 0 saturated heterocycles. The number of nitrogens with zero attached hydrogens (tertiary/aromatic N) is 6. The summed E-state index contributed by atoms with van der Waals surface area (Å²) in [4.78, 5) is 19.2. The van der Waals surface area contributed by atoms with Crippen LogP contribution in [-0.4, -0.2) is 29.1 Å². The maximum absolute atomic E-state index is 5.08. The molecule has 0 saturated carbocycles. The minimum absolute atomic E-state index is 0.699. The Bertz CT molecular complexity index is 2940. The van der Waals surface area contributed by atoms with Gasteiger partial charge in [-0.2, -0.15) is 0 Å². The molecule has 0 fully saturated rings. The van der Waals surface area contributed by atoms with Crippen LogP contribution in [0.25, 0.3) is 100 Å². The molecule has 5 heterocycles. The molecule has 11 aromatic rings. The van der Waals surface area contributed by atoms with Gasteiger partial charge in [-0.3, -0.25) is 9.97 Å². The summed E-state index contributed by atoms with van der Waals surface area (Å²) < 4.78 is 4.70. The minimum Gasteiger partial charge on any atom is -0.309 e. The molecule has 0 radical (unpaired) electrons. The van der Waals surface area contributed by atoms with E-state index in [9.17, 15) is 0 Å². The summed E-state index contributed by atoms with van der Waals surface area (Å²) >= 11 is 0. The summed E-state index contributed by atoms with van der Waals surface area (Å²) in [6.07, 6.45) is 7.69. The predicted octanol–water partition coefficient (Wildman–Crippen LogP) is 12.1. The maximum Gasteiger partial charge on any atom is 0.160 e. The van der Waals surface area contributed by atoms with Crippen molar-refractivity contribution in [2.75, 3.05) is 0 Å². The zero-order valence-electron chi connectivity index (χ0n) is 30.2. The van der Waals surface area contributed by atoms with Gasteiger partial charge in [0.1, 0.15) is 0 Å². The van der Waals surface area contributed by atoms with E-state index in [-0.39, 0.29) is 0 Å². The summed E-state index contributed by atoms with van der Waals surface area (Å²) in [6, 6.07) is 59.6. The summed E-state index contributed by atoms with van der Waals surface area (Å²) in [5.41, 5.74) is 13.5. The van der Waals surface area contributed by atoms with Crippen molar-refractivity contribution in [2.45, 2.75) is 0 Å². The third-order valence-electron chi connectivity index (χ3n) is 10.7. The summed E-state index contributed by atoms with van der Waals surface area (Å²) in [6.45, 7) is 0. The van der Waals surface area contributed by atoms with Gasteiger partial charge in [-0.15, -0.1) is 0 Å². The van der Waals surface area contributed by atoms with Gasteiger partial charge in [-0.05, 0) is 59.7 Å². The molecule has 6 heteroatoms. The third-order valence-corrected chi connectivity index (χ3v) is 10.7. The van der Waals surface area contributed by atoms with Crippen molar-refractivity contribution in [3.8, 4) is 56.4 Å². The first-order chi connectivity index (χ1) is 27.8. The molecule has 262 valence electrons. The molecule has 0 atom stereocenters. The van der Waals surface area contributed by atoms with Gasteiger partial charge in [0.15, 0.2) is 5.82 Å². The number of rotatable bonds is 6. The topological polar surface area (TPSA) is 61.4 Å². The Hall–Kier alpha value is -7.70. The van der Waals surface area contributed by atoms with Crippen LogP contribution in [0.5, 0.6) is 0 Å². The number of aromatic nitrogens is 6. The van der Waals surface area contributed by atoms with Gasteiger partial charge in [0.05, 0.1) is 39.7 Å². The van der Waals surface area contributed by atoms with Crippen LogP contribution in [0.2, 0.25) is 0 Å². The van der Waals surface area contributed by atoms with Gasteiger partial charge >= 0.3 is 0 Å². The van der Waals surface area contributed by atoms with Gasteiger partial charge in [0.25, 0.3) is 0 Å². The van der Waals surface area contributed by atoms with E-state index in [0.29, 0.717) is 5.82 Å². The molecule has 6 aromatic carbocycles. The van der Waals surface area contributed by atoms with Crippen LogP contribution in [0.3, 0.4) is 0 Å². The van der Waals surface area contributed by atoms with Crippen LogP contribution in [0, 0.1) is 0 Å². The minimum atomic E-state index is 0.699. The van der Waals surface area contributed by atoms with E-state index in [1.807, 2.05) is 61.2 Å². The van der Waals surface area contributed by atoms with Gasteiger partial charge in [0.2, 0.25) is 0 Å². The van der Waals surface area contributed by atoms with E-state index >= 15 is 0 Å². The molecule has 0 bridgehead atoms. The monoisotopic (exact) mass is 716 g/mol. The van der Waals surface area contributed by atoms with Gasteiger partial charge in [-0.25, -0.2) is 9.97 Å². The largest absolute Gasteiger partial charge is 0.309 e. The lowest BCUT2D eigenvalue weighted by atomic mass is 10.0. The highest BCUT2D eigenvalue weighted by Crippen LogP contribution is 2.38. The van der Waals surface area contributed by atoms with Crippen molar-refractivity contribution in [3.63, 3.8) is 0 Å². The Balaban J connectivity index is 1.11. The number of fused-ring (bicyclic) bond motifs is 6. The molecule has 11 rings (SSSR count). The second kappa shape index (κ2) is 13.0. The highest BCUT2D eigenvalue weighted by molar-refractivity contribution is 6.10. The Labute approximate surface area is 322 Å². The molecule has 0 unspecified atom stereocenters. The number of para-hydroxylation sites is 2. The van der Waals surface area contributed by atoms with Gasteiger partial charge in [0, 0.05) is 68.2 Å². The maximum atomic E-state index is 5.08. The second-order valence-electron chi connectivity index (χ2n) is 14.0. The SMILES string of the molecule is c1ccc(-c2cc(-c3ccc(-c4cc(-n5c6ccccc6c6cnccc65)cc(-n5c6ccccc6c6ccncc65)c4)cc3)nc(-c3ccccc3)n2)cc1. The Morgan fingerprint density at radius 3 is 1.52 bits per heavy atom. The zero-order chi connectivity index (χ0) is 37.0. The van der Waals surface area contributed by atoms with Crippen LogP contribution in [0.4, 0.5) is 0 Å². The first kappa shape index (κ1) is 31.8. The van der Waals surface area contributed by atoms with Crippen LogP contribution in [0.1, 0.15) is 0 Å². The lowest BCUT2D eigenvalue weighted by Crippen LogP contribution is -2.00. The summed E-state index contributed by atoms with van der Waals surface area (Å²) in [5.74, 6) is 0.699. The summed E-state index contributed by atoms with van der Waals surface area (Å²) in [5, 5.41) is 4.65. The molecule has 0 spiro atoms. The normalized spacial score (nSPS) is 11.6. The lowest BCUT2D eigenvalue weighted by Gasteiger charge is -2.16. The van der Waals surface area contributed by atoms with E-state index < -0.39 is 0 Å². The third kappa shape index (κ3) is 5.27. The van der Waals surface area contributed by atoms with Crippen LogP contribution in [-0.2, 0) is 0 Å². The van der Waals surface area contributed by atoms with Crippen molar-refractivity contribution in [1.82, 2.24) is 29.1 Å². The quantitative estimate of drug-likeness (QED) is 0.172. The van der Waals surface area contributed by atoms with Crippen LogP contribution in [0.15, 0.2) is 195 Å². The molecule has 0 N–H and O–H groups in total. The fraction of sp³-hybridized carbons (Fsp3) is 0. The van der Waals surface area contributed by atoms with Crippen molar-refractivity contribution in [2.24, 2.45) is 0 Å². The number of hydrogen-bond acceptors (Lipinski definition) is 4. The molecule has 6 nitrogen and oxygen atoms in total. The highest BCUT2D eigenvalue weighted by atomic mass is 15.0. The molecule has 56 heavy (non-hydrogen) atoms. The Morgan fingerprint density at radius 2 is 0.821 bits per heavy atom. The molecule has 0 aliphatic heterocycles. The van der Waals surface area contributed by atoms with Crippen molar-refractivity contribution in [1.29, 1.82) is 0 Å². The number of pyridine rings is 2. The average Bonchev–Trinajstić information content (AvgIpc) is 3.80. The molecular formula is C50H32N6. The van der Waals surface area contributed by atoms with E-state index in [2.05, 4.69) is 153 Å². The fourth-order valence-corrected chi connectivity index (χ4v) is 8.11. The van der Waals surface area contributed by atoms with Gasteiger partial charge in [-0.1, -0.05) is 121 Å². The Morgan fingerprint density at radius 1 is 0.321 bits per heavy atom. The average molecular weight is 717 g/mol. The molecule has 0 amide bonds. The smallest absolute Gasteiger partial charge is 0.160 e. The van der Waals surface area contributed by atoms with Crippen molar-refractivity contribution in [3.05, 3.63) is 195 Å². The van der Waals surface area contributed by atoms with Crippen LogP contribution >= 0.6 is 0 Å². The van der Waals surface area contributed by atoms with Crippen molar-refractivity contribution < 1.29 is 0 Å². The first-order valence-electron chi connectivity index (χ1n) is 18.7. The second-order valence-corrected chi connectivity index (χ2v) is 14.0. The van der Waals surface area contributed by atoms with E-state index in [1.54, 1.807) is 0 Å². The number of benzene rings is 6. The lowest BCUT2D eigenvalue weighted by molar-refractivity contribution is 1.13. The first-order valence-corrected chi connectivity index (χ1v) is 18.7. The van der Waals surface area contributed by atoms with Crippen LogP contribution < -0.4 is 0 Å². The van der Waals surface area contributed by atoms with Crippen molar-refractivity contribution >= 4 is 43.6 Å². The molecular weight excluding hydrogens is 685 g/mol. The predicted molar refractivity (Wildman–Crippen MR) is 228 cm³/mol. The highest BCUT2D eigenvalue weighted by Gasteiger charge is 2.18. The summed E-state index contributed by atoms with van der Waals surface area (Å²) in [7, 11) is 0. The fourth-order valence-electron chi connectivity index (χ4n) is 8.11. The zero-order valence-corrected chi connectivity index (χ0v) is 30.2. The number of hydrogen-bond donors (Lipinski definition) is 0. The Kier molecular flexibility index (Phi) is 7.38.